The second kappa shape index (κ2) is 4.63. The van der Waals surface area contributed by atoms with Gasteiger partial charge < -0.3 is 10.5 Å². The average molecular weight is 293 g/mol. The Morgan fingerprint density at radius 3 is 2.44 bits per heavy atom. The summed E-state index contributed by atoms with van der Waals surface area (Å²) < 4.78 is 0. The van der Waals surface area contributed by atoms with Crippen molar-refractivity contribution in [1.82, 2.24) is 10.4 Å². The van der Waals surface area contributed by atoms with Crippen molar-refractivity contribution in [3.63, 3.8) is 0 Å². The fourth-order valence-corrected chi connectivity index (χ4v) is 2.70. The molecule has 1 atom stereocenters. The third-order valence-corrected chi connectivity index (χ3v) is 4.04. The number of alkyl halides is 1. The Hall–Kier alpha value is -0.130. The van der Waals surface area contributed by atoms with Crippen molar-refractivity contribution in [3.8, 4) is 0 Å². The molecule has 0 aromatic heterocycles. The molecular formula is C11H21BrN2O2. The van der Waals surface area contributed by atoms with Crippen LogP contribution in [-0.2, 0) is 4.79 Å². The Bertz CT molecular complexity index is 279. The molecule has 2 N–H and O–H groups in total. The van der Waals surface area contributed by atoms with Crippen molar-refractivity contribution in [2.24, 2.45) is 5.92 Å². The van der Waals surface area contributed by atoms with Gasteiger partial charge in [-0.2, -0.15) is 5.06 Å². The first-order valence-electron chi connectivity index (χ1n) is 5.53. The molecule has 1 aliphatic heterocycles. The summed E-state index contributed by atoms with van der Waals surface area (Å²) in [5, 5.41) is 14.7. The van der Waals surface area contributed by atoms with Crippen LogP contribution in [0, 0.1) is 5.92 Å². The number of nitrogens with zero attached hydrogens (tertiary/aromatic N) is 1. The molecule has 5 heteroatoms. The number of carbonyl (C=O) groups is 1. The monoisotopic (exact) mass is 292 g/mol. The van der Waals surface area contributed by atoms with Gasteiger partial charge >= 0.3 is 0 Å². The molecule has 0 spiro atoms. The van der Waals surface area contributed by atoms with E-state index in [0.29, 0.717) is 11.9 Å². The summed E-state index contributed by atoms with van der Waals surface area (Å²) in [6.07, 6.45) is 0.874. The second-order valence-electron chi connectivity index (χ2n) is 5.62. The van der Waals surface area contributed by atoms with E-state index in [-0.39, 0.29) is 22.9 Å². The van der Waals surface area contributed by atoms with E-state index in [9.17, 15) is 10.0 Å². The van der Waals surface area contributed by atoms with Crippen molar-refractivity contribution in [2.75, 3.05) is 11.9 Å². The summed E-state index contributed by atoms with van der Waals surface area (Å²) in [7, 11) is 0. The first-order valence-corrected chi connectivity index (χ1v) is 6.66. The highest BCUT2D eigenvalue weighted by Gasteiger charge is 2.50. The number of nitrogens with one attached hydrogen (secondary N) is 1. The molecule has 1 aliphatic rings. The van der Waals surface area contributed by atoms with Crippen LogP contribution in [0.1, 0.15) is 34.1 Å². The lowest BCUT2D eigenvalue weighted by Gasteiger charge is -2.36. The molecule has 0 aromatic rings. The van der Waals surface area contributed by atoms with E-state index in [1.165, 1.54) is 5.06 Å². The molecule has 0 bridgehead atoms. The van der Waals surface area contributed by atoms with Gasteiger partial charge in [0.25, 0.3) is 0 Å². The number of hydroxylamine groups is 2. The molecule has 0 aromatic carbocycles. The number of halogens is 1. The van der Waals surface area contributed by atoms with Gasteiger partial charge in [0.05, 0.1) is 5.33 Å². The average Bonchev–Trinajstić information content (AvgIpc) is 2.35. The topological polar surface area (TPSA) is 52.6 Å². The van der Waals surface area contributed by atoms with E-state index in [4.69, 9.17) is 0 Å². The number of rotatable bonds is 3. The third-order valence-electron chi connectivity index (χ3n) is 3.53. The van der Waals surface area contributed by atoms with Crippen molar-refractivity contribution < 1.29 is 10.0 Å². The minimum absolute atomic E-state index is 0.00926. The first-order chi connectivity index (χ1) is 7.21. The van der Waals surface area contributed by atoms with Gasteiger partial charge in [0, 0.05) is 17.6 Å². The summed E-state index contributed by atoms with van der Waals surface area (Å²) in [6.45, 7) is 8.65. The fraction of sp³-hybridized carbons (Fsp3) is 0.909. The van der Waals surface area contributed by atoms with Crippen LogP contribution in [0.2, 0.25) is 0 Å². The van der Waals surface area contributed by atoms with Gasteiger partial charge in [0.1, 0.15) is 0 Å². The molecule has 1 amide bonds. The van der Waals surface area contributed by atoms with E-state index in [0.717, 1.165) is 6.42 Å². The zero-order valence-corrected chi connectivity index (χ0v) is 12.0. The van der Waals surface area contributed by atoms with Crippen LogP contribution >= 0.6 is 15.9 Å². The predicted molar refractivity (Wildman–Crippen MR) is 66.7 cm³/mol. The van der Waals surface area contributed by atoms with Crippen molar-refractivity contribution in [3.05, 3.63) is 0 Å². The lowest BCUT2D eigenvalue weighted by molar-refractivity contribution is -0.196. The van der Waals surface area contributed by atoms with Gasteiger partial charge in [-0.05, 0) is 40.0 Å². The van der Waals surface area contributed by atoms with Gasteiger partial charge in [-0.25, -0.2) is 0 Å². The highest BCUT2D eigenvalue weighted by Crippen LogP contribution is 2.42. The van der Waals surface area contributed by atoms with E-state index in [2.05, 4.69) is 21.2 Å². The SMILES string of the molecule is CC1(C)CC(CNC(=O)CBr)C(C)(C)N1O. The molecular weight excluding hydrogens is 272 g/mol. The van der Waals surface area contributed by atoms with E-state index in [1.54, 1.807) is 0 Å². The van der Waals surface area contributed by atoms with Gasteiger partial charge in [-0.15, -0.1) is 0 Å². The molecule has 1 fully saturated rings. The molecule has 0 saturated carbocycles. The molecule has 1 saturated heterocycles. The maximum atomic E-state index is 11.2. The van der Waals surface area contributed by atoms with Gasteiger partial charge in [-0.1, -0.05) is 15.9 Å². The molecule has 94 valence electrons. The van der Waals surface area contributed by atoms with Gasteiger partial charge in [0.2, 0.25) is 5.91 Å². The van der Waals surface area contributed by atoms with Crippen LogP contribution < -0.4 is 5.32 Å². The predicted octanol–water partition coefficient (Wildman–Crippen LogP) is 1.77. The number of hydrogen-bond acceptors (Lipinski definition) is 3. The highest BCUT2D eigenvalue weighted by atomic mass is 79.9. The van der Waals surface area contributed by atoms with Crippen molar-refractivity contribution in [1.29, 1.82) is 0 Å². The quantitative estimate of drug-likeness (QED) is 0.780. The molecule has 1 rings (SSSR count). The normalized spacial score (nSPS) is 28.0. The second-order valence-corrected chi connectivity index (χ2v) is 6.18. The standard InChI is InChI=1S/C11H21BrN2O2/c1-10(2)5-8(7-13-9(15)6-12)11(3,4)14(10)16/h8,16H,5-7H2,1-4H3,(H,13,15). The Morgan fingerprint density at radius 1 is 1.50 bits per heavy atom. The Balaban J connectivity index is 2.65. The van der Waals surface area contributed by atoms with Crippen LogP contribution in [0.5, 0.6) is 0 Å². The lowest BCUT2D eigenvalue weighted by Crippen LogP contribution is -2.48. The summed E-state index contributed by atoms with van der Waals surface area (Å²) in [5.74, 6) is 0.250. The fourth-order valence-electron chi connectivity index (χ4n) is 2.50. The summed E-state index contributed by atoms with van der Waals surface area (Å²) in [5.41, 5.74) is -0.531. The van der Waals surface area contributed by atoms with E-state index in [1.807, 2.05) is 27.7 Å². The minimum atomic E-state index is -0.302. The molecule has 0 radical (unpaired) electrons. The van der Waals surface area contributed by atoms with Crippen molar-refractivity contribution in [2.45, 2.75) is 45.2 Å². The Kier molecular flexibility index (Phi) is 4.03. The minimum Gasteiger partial charge on any atom is -0.355 e. The molecule has 16 heavy (non-hydrogen) atoms. The van der Waals surface area contributed by atoms with Crippen LogP contribution in [-0.4, -0.2) is 39.1 Å². The maximum Gasteiger partial charge on any atom is 0.230 e. The molecule has 1 heterocycles. The van der Waals surface area contributed by atoms with Crippen LogP contribution in [0.25, 0.3) is 0 Å². The maximum absolute atomic E-state index is 11.2. The lowest BCUT2D eigenvalue weighted by atomic mass is 9.87. The number of hydrogen-bond donors (Lipinski definition) is 2. The smallest absolute Gasteiger partial charge is 0.230 e. The van der Waals surface area contributed by atoms with E-state index >= 15 is 0 Å². The molecule has 0 aliphatic carbocycles. The summed E-state index contributed by atoms with van der Waals surface area (Å²) in [4.78, 5) is 11.2. The molecule has 1 unspecified atom stereocenters. The van der Waals surface area contributed by atoms with Crippen LogP contribution in [0.15, 0.2) is 0 Å². The largest absolute Gasteiger partial charge is 0.355 e. The first kappa shape index (κ1) is 13.9. The van der Waals surface area contributed by atoms with Crippen LogP contribution in [0.3, 0.4) is 0 Å². The number of carbonyl (C=O) groups excluding carboxylic acids is 1. The number of amides is 1. The zero-order chi connectivity index (χ0) is 12.6. The molecule has 4 nitrogen and oxygen atoms in total. The third kappa shape index (κ3) is 2.57. The van der Waals surface area contributed by atoms with Gasteiger partial charge in [-0.3, -0.25) is 4.79 Å². The van der Waals surface area contributed by atoms with Crippen molar-refractivity contribution >= 4 is 21.8 Å². The highest BCUT2D eigenvalue weighted by molar-refractivity contribution is 9.09. The van der Waals surface area contributed by atoms with Crippen LogP contribution in [0.4, 0.5) is 0 Å². The van der Waals surface area contributed by atoms with E-state index < -0.39 is 0 Å². The zero-order valence-electron chi connectivity index (χ0n) is 10.4. The summed E-state index contributed by atoms with van der Waals surface area (Å²) in [6, 6.07) is 0. The summed E-state index contributed by atoms with van der Waals surface area (Å²) >= 11 is 3.12. The Labute approximate surface area is 105 Å². The van der Waals surface area contributed by atoms with Gasteiger partial charge in [0.15, 0.2) is 0 Å². The Morgan fingerprint density at radius 2 is 2.06 bits per heavy atom.